The molecule has 2 N–H and O–H groups in total. The van der Waals surface area contributed by atoms with E-state index in [4.69, 9.17) is 5.73 Å². The molecule has 0 bridgehead atoms. The van der Waals surface area contributed by atoms with Gasteiger partial charge in [-0.15, -0.1) is 0 Å². The Balaban J connectivity index is 2.43. The van der Waals surface area contributed by atoms with E-state index in [1.165, 1.54) is 21.2 Å². The molecule has 2 unspecified atom stereocenters. The fraction of sp³-hybridized carbons (Fsp3) is 0.455. The molecule has 0 aromatic heterocycles. The maximum absolute atomic E-state index is 5.84. The molecular weight excluding hydrogens is 226 g/mol. The van der Waals surface area contributed by atoms with Crippen LogP contribution in [0.4, 0.5) is 0 Å². The number of rotatable bonds is 1. The molecule has 1 saturated carbocycles. The highest BCUT2D eigenvalue weighted by Gasteiger charge is 2.36. The van der Waals surface area contributed by atoms with Crippen molar-refractivity contribution in [2.24, 2.45) is 5.73 Å². The molecule has 13 heavy (non-hydrogen) atoms. The highest BCUT2D eigenvalue weighted by molar-refractivity contribution is 9.10. The normalized spacial score (nSPS) is 26.2. The molecular formula is C11H14BrN. The van der Waals surface area contributed by atoms with E-state index in [1.807, 2.05) is 0 Å². The Morgan fingerprint density at radius 3 is 2.54 bits per heavy atom. The van der Waals surface area contributed by atoms with E-state index in [9.17, 15) is 0 Å². The van der Waals surface area contributed by atoms with Gasteiger partial charge in [0.25, 0.3) is 0 Å². The minimum Gasteiger partial charge on any atom is -0.327 e. The summed E-state index contributed by atoms with van der Waals surface area (Å²) in [5, 5.41) is 0. The number of aryl methyl sites for hydroxylation is 1. The molecule has 2 atom stereocenters. The smallest absolute Gasteiger partial charge is 0.0236 e. The molecule has 0 radical (unpaired) electrons. The number of hydrogen-bond donors (Lipinski definition) is 1. The predicted molar refractivity (Wildman–Crippen MR) is 58.9 cm³/mol. The van der Waals surface area contributed by atoms with Gasteiger partial charge in [-0.2, -0.15) is 0 Å². The van der Waals surface area contributed by atoms with Gasteiger partial charge >= 0.3 is 0 Å². The Kier molecular flexibility index (Phi) is 2.20. The lowest BCUT2D eigenvalue weighted by atomic mass is 10.0. The number of benzene rings is 1. The van der Waals surface area contributed by atoms with E-state index in [0.29, 0.717) is 12.0 Å². The molecule has 0 amide bonds. The maximum atomic E-state index is 5.84. The van der Waals surface area contributed by atoms with Gasteiger partial charge in [-0.25, -0.2) is 0 Å². The van der Waals surface area contributed by atoms with Crippen LogP contribution in [0, 0.1) is 13.8 Å². The summed E-state index contributed by atoms with van der Waals surface area (Å²) in [6.45, 7) is 4.28. The molecule has 70 valence electrons. The Bertz CT molecular complexity index is 346. The topological polar surface area (TPSA) is 26.0 Å². The van der Waals surface area contributed by atoms with Crippen LogP contribution in [0.25, 0.3) is 0 Å². The van der Waals surface area contributed by atoms with Gasteiger partial charge in [0, 0.05) is 16.4 Å². The van der Waals surface area contributed by atoms with Crippen LogP contribution in [0.5, 0.6) is 0 Å². The summed E-state index contributed by atoms with van der Waals surface area (Å²) >= 11 is 3.61. The second-order valence-corrected chi connectivity index (χ2v) is 4.71. The van der Waals surface area contributed by atoms with Gasteiger partial charge in [0.15, 0.2) is 0 Å². The molecule has 0 heterocycles. The van der Waals surface area contributed by atoms with Crippen LogP contribution in [-0.4, -0.2) is 6.04 Å². The monoisotopic (exact) mass is 239 g/mol. The number of halogens is 1. The van der Waals surface area contributed by atoms with Crippen molar-refractivity contribution in [3.63, 3.8) is 0 Å². The Labute approximate surface area is 87.5 Å². The number of hydrogen-bond acceptors (Lipinski definition) is 1. The van der Waals surface area contributed by atoms with Crippen LogP contribution in [0.3, 0.4) is 0 Å². The van der Waals surface area contributed by atoms with Crippen LogP contribution in [-0.2, 0) is 0 Å². The van der Waals surface area contributed by atoms with Crippen molar-refractivity contribution < 1.29 is 0 Å². The summed E-state index contributed by atoms with van der Waals surface area (Å²) < 4.78 is 1.24. The lowest BCUT2D eigenvalue weighted by molar-refractivity contribution is 0.976. The first-order valence-corrected chi connectivity index (χ1v) is 5.41. The Hall–Kier alpha value is -0.340. The first-order valence-electron chi connectivity index (χ1n) is 4.62. The van der Waals surface area contributed by atoms with Crippen molar-refractivity contribution in [1.29, 1.82) is 0 Å². The molecule has 2 heteroatoms. The lowest BCUT2D eigenvalue weighted by Crippen LogP contribution is -2.02. The Morgan fingerprint density at radius 2 is 2.00 bits per heavy atom. The quantitative estimate of drug-likeness (QED) is 0.802. The summed E-state index contributed by atoms with van der Waals surface area (Å²) in [4.78, 5) is 0. The third kappa shape index (κ3) is 1.53. The first-order chi connectivity index (χ1) is 6.11. The average Bonchev–Trinajstić information content (AvgIpc) is 2.79. The van der Waals surface area contributed by atoms with Crippen molar-refractivity contribution in [3.8, 4) is 0 Å². The fourth-order valence-corrected chi connectivity index (χ4v) is 2.17. The highest BCUT2D eigenvalue weighted by Crippen LogP contribution is 2.42. The zero-order valence-electron chi connectivity index (χ0n) is 7.97. The summed E-state index contributed by atoms with van der Waals surface area (Å²) in [6, 6.07) is 4.78. The van der Waals surface area contributed by atoms with E-state index in [2.05, 4.69) is 41.9 Å². The van der Waals surface area contributed by atoms with Crippen molar-refractivity contribution in [2.75, 3.05) is 0 Å². The molecule has 0 saturated heterocycles. The van der Waals surface area contributed by atoms with E-state index < -0.39 is 0 Å². The van der Waals surface area contributed by atoms with Gasteiger partial charge in [0.1, 0.15) is 0 Å². The van der Waals surface area contributed by atoms with Crippen molar-refractivity contribution in [2.45, 2.75) is 32.2 Å². The largest absolute Gasteiger partial charge is 0.327 e. The molecule has 2 rings (SSSR count). The maximum Gasteiger partial charge on any atom is 0.0236 e. The van der Waals surface area contributed by atoms with Gasteiger partial charge in [-0.05, 0) is 37.0 Å². The third-order valence-corrected chi connectivity index (χ3v) is 4.08. The summed E-state index contributed by atoms with van der Waals surface area (Å²) in [7, 11) is 0. The second kappa shape index (κ2) is 3.10. The van der Waals surface area contributed by atoms with Crippen molar-refractivity contribution in [1.82, 2.24) is 0 Å². The van der Waals surface area contributed by atoms with E-state index in [0.717, 1.165) is 6.42 Å². The number of nitrogens with two attached hydrogens (primary N) is 1. The molecule has 1 nitrogen and oxygen atoms in total. The van der Waals surface area contributed by atoms with Crippen LogP contribution < -0.4 is 5.73 Å². The Morgan fingerprint density at radius 1 is 1.38 bits per heavy atom. The van der Waals surface area contributed by atoms with E-state index >= 15 is 0 Å². The van der Waals surface area contributed by atoms with Gasteiger partial charge in [-0.1, -0.05) is 28.1 Å². The van der Waals surface area contributed by atoms with E-state index in [1.54, 1.807) is 0 Å². The van der Waals surface area contributed by atoms with Gasteiger partial charge < -0.3 is 5.73 Å². The molecule has 1 aromatic carbocycles. The van der Waals surface area contributed by atoms with Crippen LogP contribution >= 0.6 is 15.9 Å². The summed E-state index contributed by atoms with van der Waals surface area (Å²) in [6.07, 6.45) is 1.15. The van der Waals surface area contributed by atoms with Crippen LogP contribution in [0.1, 0.15) is 29.0 Å². The predicted octanol–water partition coefficient (Wildman–Crippen LogP) is 2.88. The van der Waals surface area contributed by atoms with Gasteiger partial charge in [-0.3, -0.25) is 0 Å². The molecule has 0 spiro atoms. The minimum absolute atomic E-state index is 0.397. The highest BCUT2D eigenvalue weighted by atomic mass is 79.9. The van der Waals surface area contributed by atoms with Crippen LogP contribution in [0.2, 0.25) is 0 Å². The first kappa shape index (κ1) is 9.22. The molecule has 1 fully saturated rings. The third-order valence-electron chi connectivity index (χ3n) is 2.86. The van der Waals surface area contributed by atoms with Crippen molar-refractivity contribution in [3.05, 3.63) is 33.3 Å². The minimum atomic E-state index is 0.397. The fourth-order valence-electron chi connectivity index (χ4n) is 1.81. The van der Waals surface area contributed by atoms with E-state index in [-0.39, 0.29) is 0 Å². The molecule has 1 aliphatic carbocycles. The molecule has 1 aliphatic rings. The summed E-state index contributed by atoms with van der Waals surface area (Å²) in [5.74, 6) is 0.608. The zero-order chi connectivity index (χ0) is 9.59. The SMILES string of the molecule is Cc1ccc(C2CC2N)c(C)c1Br. The summed E-state index contributed by atoms with van der Waals surface area (Å²) in [5.41, 5.74) is 9.92. The lowest BCUT2D eigenvalue weighted by Gasteiger charge is -2.08. The van der Waals surface area contributed by atoms with Gasteiger partial charge in [0.05, 0.1) is 0 Å². The average molecular weight is 240 g/mol. The zero-order valence-corrected chi connectivity index (χ0v) is 9.56. The standard InChI is InChI=1S/C11H14BrN/c1-6-3-4-8(7(2)11(6)12)9-5-10(9)13/h3-4,9-10H,5,13H2,1-2H3. The van der Waals surface area contributed by atoms with Crippen molar-refractivity contribution >= 4 is 15.9 Å². The van der Waals surface area contributed by atoms with Crippen LogP contribution in [0.15, 0.2) is 16.6 Å². The molecule has 1 aromatic rings. The molecule has 0 aliphatic heterocycles. The second-order valence-electron chi connectivity index (χ2n) is 3.92. The van der Waals surface area contributed by atoms with Gasteiger partial charge in [0.2, 0.25) is 0 Å².